The average Bonchev–Trinajstić information content (AvgIpc) is 2.18. The van der Waals surface area contributed by atoms with Crippen LogP contribution in [0.25, 0.3) is 0 Å². The van der Waals surface area contributed by atoms with Gasteiger partial charge in [-0.3, -0.25) is 0 Å². The van der Waals surface area contributed by atoms with Gasteiger partial charge in [0.1, 0.15) is 5.82 Å². The summed E-state index contributed by atoms with van der Waals surface area (Å²) in [6, 6.07) is 4.25. The Morgan fingerprint density at radius 2 is 2.38 bits per heavy atom. The van der Waals surface area contributed by atoms with Crippen LogP contribution in [0.4, 0.5) is 5.82 Å². The minimum atomic E-state index is 0.672. The van der Waals surface area contributed by atoms with Crippen LogP contribution in [0.1, 0.15) is 17.7 Å². The first kappa shape index (κ1) is 8.51. The third-order valence-corrected chi connectivity index (χ3v) is 2.35. The Bertz CT molecular complexity index is 296. The summed E-state index contributed by atoms with van der Waals surface area (Å²) in [6.45, 7) is 1.72. The van der Waals surface area contributed by atoms with Crippen molar-refractivity contribution < 1.29 is 0 Å². The van der Waals surface area contributed by atoms with Gasteiger partial charge in [0.25, 0.3) is 0 Å². The van der Waals surface area contributed by atoms with Crippen LogP contribution in [0.3, 0.4) is 0 Å². The van der Waals surface area contributed by atoms with E-state index in [9.17, 15) is 0 Å². The third-order valence-electron chi connectivity index (χ3n) is 2.35. The van der Waals surface area contributed by atoms with Gasteiger partial charge in [-0.05, 0) is 31.0 Å². The van der Waals surface area contributed by atoms with Gasteiger partial charge in [-0.1, -0.05) is 6.07 Å². The Morgan fingerprint density at radius 1 is 1.46 bits per heavy atom. The summed E-state index contributed by atoms with van der Waals surface area (Å²) < 4.78 is 0. The molecule has 2 rings (SSSR count). The second-order valence-corrected chi connectivity index (χ2v) is 3.38. The van der Waals surface area contributed by atoms with Crippen molar-refractivity contribution in [2.75, 3.05) is 18.4 Å². The van der Waals surface area contributed by atoms with Crippen LogP contribution in [-0.4, -0.2) is 18.1 Å². The largest absolute Gasteiger partial charge is 0.370 e. The second kappa shape index (κ2) is 3.75. The fourth-order valence-electron chi connectivity index (χ4n) is 1.66. The van der Waals surface area contributed by atoms with E-state index in [2.05, 4.69) is 22.4 Å². The predicted octanol–water partition coefficient (Wildman–Crippen LogP) is 0.941. The molecule has 0 aromatic carbocycles. The standard InChI is InChI=1S/C10H15N3/c11-6-5-9-4-3-8-2-1-7-12-10(8)13-9/h3-4H,1-2,5-7,11H2,(H,12,13). The second-order valence-electron chi connectivity index (χ2n) is 3.38. The third kappa shape index (κ3) is 1.80. The van der Waals surface area contributed by atoms with Crippen LogP contribution in [0.5, 0.6) is 0 Å². The van der Waals surface area contributed by atoms with Crippen molar-refractivity contribution in [2.24, 2.45) is 5.73 Å². The van der Waals surface area contributed by atoms with Gasteiger partial charge in [-0.25, -0.2) is 4.98 Å². The van der Waals surface area contributed by atoms with Gasteiger partial charge in [0.15, 0.2) is 0 Å². The van der Waals surface area contributed by atoms with Crippen molar-refractivity contribution in [3.05, 3.63) is 23.4 Å². The van der Waals surface area contributed by atoms with Crippen LogP contribution >= 0.6 is 0 Å². The van der Waals surface area contributed by atoms with Crippen LogP contribution in [0.15, 0.2) is 12.1 Å². The summed E-state index contributed by atoms with van der Waals surface area (Å²) in [5.41, 5.74) is 7.91. The molecule has 3 N–H and O–H groups in total. The Kier molecular flexibility index (Phi) is 2.45. The van der Waals surface area contributed by atoms with E-state index in [1.807, 2.05) is 0 Å². The maximum atomic E-state index is 5.48. The predicted molar refractivity (Wildman–Crippen MR) is 53.8 cm³/mol. The zero-order valence-corrected chi connectivity index (χ0v) is 7.71. The maximum Gasteiger partial charge on any atom is 0.129 e. The molecular formula is C10H15N3. The number of hydrogen-bond donors (Lipinski definition) is 2. The van der Waals surface area contributed by atoms with Gasteiger partial charge >= 0.3 is 0 Å². The molecule has 3 heteroatoms. The molecule has 1 aliphatic heterocycles. The van der Waals surface area contributed by atoms with Crippen molar-refractivity contribution in [1.29, 1.82) is 0 Å². The minimum Gasteiger partial charge on any atom is -0.370 e. The smallest absolute Gasteiger partial charge is 0.129 e. The Hall–Kier alpha value is -1.09. The zero-order chi connectivity index (χ0) is 9.10. The number of fused-ring (bicyclic) bond motifs is 1. The Labute approximate surface area is 78.4 Å². The molecular weight excluding hydrogens is 162 g/mol. The van der Waals surface area contributed by atoms with E-state index < -0.39 is 0 Å². The number of aryl methyl sites for hydroxylation is 1. The number of nitrogens with one attached hydrogen (secondary N) is 1. The van der Waals surface area contributed by atoms with Crippen LogP contribution in [-0.2, 0) is 12.8 Å². The van der Waals surface area contributed by atoms with Crippen molar-refractivity contribution in [2.45, 2.75) is 19.3 Å². The van der Waals surface area contributed by atoms with Crippen molar-refractivity contribution >= 4 is 5.82 Å². The average molecular weight is 177 g/mol. The molecule has 2 heterocycles. The molecule has 0 aliphatic carbocycles. The lowest BCUT2D eigenvalue weighted by molar-refractivity contribution is 0.807. The zero-order valence-electron chi connectivity index (χ0n) is 7.71. The number of nitrogens with two attached hydrogens (primary N) is 1. The molecule has 0 fully saturated rings. The van der Waals surface area contributed by atoms with E-state index in [-0.39, 0.29) is 0 Å². The fraction of sp³-hybridized carbons (Fsp3) is 0.500. The Morgan fingerprint density at radius 3 is 3.23 bits per heavy atom. The normalized spacial score (nSPS) is 14.8. The first-order valence-corrected chi connectivity index (χ1v) is 4.83. The summed E-state index contributed by atoms with van der Waals surface area (Å²) in [4.78, 5) is 4.51. The van der Waals surface area contributed by atoms with E-state index in [1.54, 1.807) is 0 Å². The lowest BCUT2D eigenvalue weighted by Gasteiger charge is -2.17. The molecule has 1 aromatic rings. The van der Waals surface area contributed by atoms with Gasteiger partial charge in [-0.2, -0.15) is 0 Å². The molecule has 0 saturated carbocycles. The molecule has 0 atom stereocenters. The van der Waals surface area contributed by atoms with Crippen molar-refractivity contribution in [3.8, 4) is 0 Å². The quantitative estimate of drug-likeness (QED) is 0.707. The highest BCUT2D eigenvalue weighted by molar-refractivity contribution is 5.46. The van der Waals surface area contributed by atoms with E-state index in [0.717, 1.165) is 30.9 Å². The topological polar surface area (TPSA) is 50.9 Å². The van der Waals surface area contributed by atoms with Gasteiger partial charge in [0, 0.05) is 18.7 Å². The molecule has 13 heavy (non-hydrogen) atoms. The van der Waals surface area contributed by atoms with Gasteiger partial charge < -0.3 is 11.1 Å². The molecule has 0 saturated heterocycles. The first-order chi connectivity index (χ1) is 6.40. The van der Waals surface area contributed by atoms with E-state index >= 15 is 0 Å². The molecule has 3 nitrogen and oxygen atoms in total. The lowest BCUT2D eigenvalue weighted by Crippen LogP contribution is -2.14. The molecule has 0 spiro atoms. The molecule has 0 bridgehead atoms. The summed E-state index contributed by atoms with van der Waals surface area (Å²) in [5, 5.41) is 3.31. The first-order valence-electron chi connectivity index (χ1n) is 4.83. The molecule has 0 radical (unpaired) electrons. The summed E-state index contributed by atoms with van der Waals surface area (Å²) in [7, 11) is 0. The number of pyridine rings is 1. The van der Waals surface area contributed by atoms with E-state index in [0.29, 0.717) is 6.54 Å². The fourth-order valence-corrected chi connectivity index (χ4v) is 1.66. The highest BCUT2D eigenvalue weighted by Crippen LogP contribution is 2.19. The monoisotopic (exact) mass is 177 g/mol. The maximum absolute atomic E-state index is 5.48. The highest BCUT2D eigenvalue weighted by Gasteiger charge is 2.09. The molecule has 0 amide bonds. The molecule has 70 valence electrons. The number of nitrogens with zero attached hydrogens (tertiary/aromatic N) is 1. The van der Waals surface area contributed by atoms with E-state index in [1.165, 1.54) is 12.0 Å². The van der Waals surface area contributed by atoms with Crippen LogP contribution in [0.2, 0.25) is 0 Å². The van der Waals surface area contributed by atoms with Crippen LogP contribution < -0.4 is 11.1 Å². The highest BCUT2D eigenvalue weighted by atomic mass is 15.0. The molecule has 1 aliphatic rings. The summed E-state index contributed by atoms with van der Waals surface area (Å²) in [6.07, 6.45) is 3.23. The summed E-state index contributed by atoms with van der Waals surface area (Å²) in [5.74, 6) is 1.07. The number of anilines is 1. The number of hydrogen-bond acceptors (Lipinski definition) is 3. The SMILES string of the molecule is NCCc1ccc2c(n1)NCCC2. The van der Waals surface area contributed by atoms with Crippen LogP contribution in [0, 0.1) is 0 Å². The van der Waals surface area contributed by atoms with Gasteiger partial charge in [0.05, 0.1) is 0 Å². The Balaban J connectivity index is 2.24. The van der Waals surface area contributed by atoms with E-state index in [4.69, 9.17) is 5.73 Å². The number of rotatable bonds is 2. The molecule has 1 aromatic heterocycles. The minimum absolute atomic E-state index is 0.672. The van der Waals surface area contributed by atoms with Gasteiger partial charge in [-0.15, -0.1) is 0 Å². The molecule has 0 unspecified atom stereocenters. The van der Waals surface area contributed by atoms with Crippen molar-refractivity contribution in [3.63, 3.8) is 0 Å². The number of aromatic nitrogens is 1. The lowest BCUT2D eigenvalue weighted by atomic mass is 10.1. The summed E-state index contributed by atoms with van der Waals surface area (Å²) >= 11 is 0. The van der Waals surface area contributed by atoms with Gasteiger partial charge in [0.2, 0.25) is 0 Å². The van der Waals surface area contributed by atoms with Crippen molar-refractivity contribution in [1.82, 2.24) is 4.98 Å².